The van der Waals surface area contributed by atoms with E-state index in [-0.39, 0.29) is 6.16 Å². The van der Waals surface area contributed by atoms with Gasteiger partial charge in [0.2, 0.25) is 0 Å². The minimum absolute atomic E-state index is 0.230. The van der Waals surface area contributed by atoms with E-state index in [2.05, 4.69) is 15.9 Å². The van der Waals surface area contributed by atoms with Crippen LogP contribution in [0.3, 0.4) is 0 Å². The maximum atomic E-state index is 12.3. The highest BCUT2D eigenvalue weighted by molar-refractivity contribution is 9.10. The van der Waals surface area contributed by atoms with Gasteiger partial charge in [0.15, 0.2) is 0 Å². The quantitative estimate of drug-likeness (QED) is 0.693. The van der Waals surface area contributed by atoms with Gasteiger partial charge in [-0.25, -0.2) is 0 Å². The molecule has 0 saturated carbocycles. The number of hydrogen-bond donors (Lipinski definition) is 0. The number of benzene rings is 1. The van der Waals surface area contributed by atoms with Gasteiger partial charge in [-0.3, -0.25) is 4.57 Å². The van der Waals surface area contributed by atoms with Gasteiger partial charge in [-0.1, -0.05) is 27.5 Å². The summed E-state index contributed by atoms with van der Waals surface area (Å²) in [5, 5.41) is 0.592. The van der Waals surface area contributed by atoms with Crippen LogP contribution in [0, 0.1) is 0 Å². The van der Waals surface area contributed by atoms with Crippen LogP contribution in [0.25, 0.3) is 0 Å². The van der Waals surface area contributed by atoms with E-state index in [1.165, 1.54) is 0 Å². The molecule has 0 bridgehead atoms. The second-order valence-corrected chi connectivity index (χ2v) is 6.79. The van der Waals surface area contributed by atoms with E-state index in [1.807, 2.05) is 6.07 Å². The molecule has 96 valence electrons. The molecule has 0 saturated heterocycles. The summed E-state index contributed by atoms with van der Waals surface area (Å²) in [6.45, 7) is 4.30. The highest BCUT2D eigenvalue weighted by atomic mass is 79.9. The highest BCUT2D eigenvalue weighted by Gasteiger charge is 2.24. The van der Waals surface area contributed by atoms with E-state index in [4.69, 9.17) is 20.6 Å². The zero-order valence-electron chi connectivity index (χ0n) is 9.78. The van der Waals surface area contributed by atoms with Gasteiger partial charge in [0.05, 0.1) is 19.4 Å². The van der Waals surface area contributed by atoms with Crippen LogP contribution in [-0.4, -0.2) is 13.2 Å². The molecule has 0 N–H and O–H groups in total. The lowest BCUT2D eigenvalue weighted by molar-refractivity contribution is 0.219. The molecule has 6 heteroatoms. The maximum Gasteiger partial charge on any atom is 0.335 e. The zero-order chi connectivity index (χ0) is 12.9. The fourth-order valence-electron chi connectivity index (χ4n) is 1.45. The van der Waals surface area contributed by atoms with E-state index in [9.17, 15) is 4.57 Å². The van der Waals surface area contributed by atoms with Gasteiger partial charge in [-0.2, -0.15) is 0 Å². The molecule has 0 radical (unpaired) electrons. The molecular weight excluding hydrogens is 326 g/mol. The predicted molar refractivity (Wildman–Crippen MR) is 73.7 cm³/mol. The first-order chi connectivity index (χ1) is 7.99. The molecule has 0 aromatic heterocycles. The Morgan fingerprint density at radius 2 is 1.82 bits per heavy atom. The average molecular weight is 342 g/mol. The second kappa shape index (κ2) is 6.91. The Balaban J connectivity index is 2.89. The summed E-state index contributed by atoms with van der Waals surface area (Å²) < 4.78 is 23.6. The maximum absolute atomic E-state index is 12.3. The molecular formula is C11H15BrClO3P. The summed E-state index contributed by atoms with van der Waals surface area (Å²) in [6.07, 6.45) is 0.230. The smallest absolute Gasteiger partial charge is 0.309 e. The monoisotopic (exact) mass is 340 g/mol. The van der Waals surface area contributed by atoms with Crippen molar-refractivity contribution in [3.05, 3.63) is 33.3 Å². The number of rotatable bonds is 6. The first-order valence-corrected chi connectivity index (χ1v) is 8.22. The molecule has 0 aliphatic rings. The molecule has 1 rings (SSSR count). The SMILES string of the molecule is CCOP(=O)(Cc1cc(Cl)cc(Br)c1)OCC. The predicted octanol–water partition coefficient (Wildman–Crippen LogP) is 4.87. The third kappa shape index (κ3) is 5.11. The number of hydrogen-bond acceptors (Lipinski definition) is 3. The Morgan fingerprint density at radius 3 is 2.29 bits per heavy atom. The zero-order valence-corrected chi connectivity index (χ0v) is 13.0. The summed E-state index contributed by atoms with van der Waals surface area (Å²) in [7, 11) is -3.06. The average Bonchev–Trinajstić information content (AvgIpc) is 2.15. The van der Waals surface area contributed by atoms with Crippen LogP contribution in [0.5, 0.6) is 0 Å². The molecule has 0 fully saturated rings. The molecule has 1 aromatic carbocycles. The Kier molecular flexibility index (Phi) is 6.18. The first-order valence-electron chi connectivity index (χ1n) is 5.32. The molecule has 0 unspecified atom stereocenters. The van der Waals surface area contributed by atoms with Crippen LogP contribution in [0.15, 0.2) is 22.7 Å². The van der Waals surface area contributed by atoms with Gasteiger partial charge >= 0.3 is 7.60 Å². The third-order valence-electron chi connectivity index (χ3n) is 1.95. The van der Waals surface area contributed by atoms with Gasteiger partial charge < -0.3 is 9.05 Å². The minimum atomic E-state index is -3.06. The largest absolute Gasteiger partial charge is 0.335 e. The molecule has 0 aliphatic heterocycles. The van der Waals surface area contributed by atoms with Crippen molar-refractivity contribution in [3.8, 4) is 0 Å². The topological polar surface area (TPSA) is 35.5 Å². The molecule has 0 atom stereocenters. The van der Waals surface area contributed by atoms with E-state index in [0.29, 0.717) is 18.2 Å². The molecule has 0 spiro atoms. The van der Waals surface area contributed by atoms with Crippen LogP contribution in [-0.2, 0) is 19.8 Å². The molecule has 1 aromatic rings. The van der Waals surface area contributed by atoms with Crippen LogP contribution in [0.2, 0.25) is 5.02 Å². The Bertz CT molecular complexity index is 395. The Labute approximate surface area is 115 Å². The van der Waals surface area contributed by atoms with Crippen molar-refractivity contribution in [1.82, 2.24) is 0 Å². The molecule has 17 heavy (non-hydrogen) atoms. The lowest BCUT2D eigenvalue weighted by Crippen LogP contribution is -1.99. The van der Waals surface area contributed by atoms with Crippen molar-refractivity contribution in [3.63, 3.8) is 0 Å². The lowest BCUT2D eigenvalue weighted by atomic mass is 10.2. The minimum Gasteiger partial charge on any atom is -0.309 e. The third-order valence-corrected chi connectivity index (χ3v) is 4.68. The summed E-state index contributed by atoms with van der Waals surface area (Å²) in [5.41, 5.74) is 0.828. The van der Waals surface area contributed by atoms with Crippen molar-refractivity contribution in [2.75, 3.05) is 13.2 Å². The normalized spacial score (nSPS) is 11.8. The van der Waals surface area contributed by atoms with Crippen molar-refractivity contribution < 1.29 is 13.6 Å². The molecule has 0 amide bonds. The van der Waals surface area contributed by atoms with Gasteiger partial charge in [0.1, 0.15) is 0 Å². The van der Waals surface area contributed by atoms with E-state index >= 15 is 0 Å². The van der Waals surface area contributed by atoms with E-state index in [0.717, 1.165) is 10.0 Å². The van der Waals surface area contributed by atoms with Gasteiger partial charge in [-0.05, 0) is 37.6 Å². The fraction of sp³-hybridized carbons (Fsp3) is 0.455. The van der Waals surface area contributed by atoms with Crippen molar-refractivity contribution in [1.29, 1.82) is 0 Å². The lowest BCUT2D eigenvalue weighted by Gasteiger charge is -2.17. The van der Waals surface area contributed by atoms with Crippen molar-refractivity contribution in [2.24, 2.45) is 0 Å². The summed E-state index contributed by atoms with van der Waals surface area (Å²) >= 11 is 9.27. The van der Waals surface area contributed by atoms with E-state index < -0.39 is 7.60 Å². The van der Waals surface area contributed by atoms with Crippen LogP contribution >= 0.6 is 35.1 Å². The van der Waals surface area contributed by atoms with Crippen LogP contribution < -0.4 is 0 Å². The summed E-state index contributed by atoms with van der Waals surface area (Å²) in [5.74, 6) is 0. The molecule has 0 heterocycles. The van der Waals surface area contributed by atoms with Crippen LogP contribution in [0.4, 0.5) is 0 Å². The Hall–Kier alpha value is 0.140. The van der Waals surface area contributed by atoms with Gasteiger partial charge in [0.25, 0.3) is 0 Å². The second-order valence-electron chi connectivity index (χ2n) is 3.38. The van der Waals surface area contributed by atoms with E-state index in [1.54, 1.807) is 26.0 Å². The van der Waals surface area contributed by atoms with Crippen molar-refractivity contribution >= 4 is 35.1 Å². The Morgan fingerprint density at radius 1 is 1.24 bits per heavy atom. The first kappa shape index (κ1) is 15.2. The van der Waals surface area contributed by atoms with Gasteiger partial charge in [-0.15, -0.1) is 0 Å². The summed E-state index contributed by atoms with van der Waals surface area (Å²) in [6, 6.07) is 5.39. The fourth-order valence-corrected chi connectivity index (χ4v) is 4.05. The van der Waals surface area contributed by atoms with Gasteiger partial charge in [0, 0.05) is 9.50 Å². The van der Waals surface area contributed by atoms with Crippen molar-refractivity contribution in [2.45, 2.75) is 20.0 Å². The summed E-state index contributed by atoms with van der Waals surface area (Å²) in [4.78, 5) is 0. The van der Waals surface area contributed by atoms with Crippen LogP contribution in [0.1, 0.15) is 19.4 Å². The number of halogens is 2. The standard InChI is InChI=1S/C11H15BrClO3P/c1-3-15-17(14,16-4-2)8-9-5-10(12)7-11(13)6-9/h5-7H,3-4,8H2,1-2H3. The molecule has 3 nitrogen and oxygen atoms in total. The highest BCUT2D eigenvalue weighted by Crippen LogP contribution is 2.51. The molecule has 0 aliphatic carbocycles.